The van der Waals surface area contributed by atoms with E-state index in [2.05, 4.69) is 12.2 Å². The molecule has 1 amide bonds. The van der Waals surface area contributed by atoms with Gasteiger partial charge in [0.05, 0.1) is 10.3 Å². The van der Waals surface area contributed by atoms with Gasteiger partial charge in [0.15, 0.2) is 0 Å². The zero-order valence-electron chi connectivity index (χ0n) is 14.3. The fourth-order valence-electron chi connectivity index (χ4n) is 3.00. The smallest absolute Gasteiger partial charge is 0.243 e. The van der Waals surface area contributed by atoms with E-state index in [0.29, 0.717) is 31.1 Å². The molecule has 2 aliphatic rings. The summed E-state index contributed by atoms with van der Waals surface area (Å²) in [7, 11) is -3.49. The van der Waals surface area contributed by atoms with Crippen molar-refractivity contribution in [3.05, 3.63) is 24.3 Å². The predicted octanol–water partition coefficient (Wildman–Crippen LogP) is 3.63. The minimum atomic E-state index is -3.49. The molecule has 1 aliphatic carbocycles. The van der Waals surface area contributed by atoms with Gasteiger partial charge in [-0.05, 0) is 56.4 Å². The van der Waals surface area contributed by atoms with Gasteiger partial charge in [-0.2, -0.15) is 4.31 Å². The number of hydrogen-bond acceptors (Lipinski definition) is 3. The second-order valence-corrected chi connectivity index (χ2v) is 10.7. The molecule has 2 fully saturated rings. The highest BCUT2D eigenvalue weighted by Crippen LogP contribution is 2.64. The summed E-state index contributed by atoms with van der Waals surface area (Å²) in [6, 6.07) is 6.22. The molecule has 1 N–H and O–H groups in total. The van der Waals surface area contributed by atoms with E-state index < -0.39 is 19.8 Å². The van der Waals surface area contributed by atoms with Crippen LogP contribution in [-0.2, 0) is 14.8 Å². The molecule has 1 heterocycles. The molecule has 1 aromatic carbocycles. The first-order valence-corrected chi connectivity index (χ1v) is 10.6. The topological polar surface area (TPSA) is 66.5 Å². The quantitative estimate of drug-likeness (QED) is 0.778. The number of benzene rings is 1. The average Bonchev–Trinajstić information content (AvgIpc) is 3.08. The third-order valence-electron chi connectivity index (χ3n) is 5.25. The third-order valence-corrected chi connectivity index (χ3v) is 8.27. The van der Waals surface area contributed by atoms with E-state index in [-0.39, 0.29) is 10.8 Å². The molecule has 1 saturated carbocycles. The highest BCUT2D eigenvalue weighted by atomic mass is 35.5. The zero-order chi connectivity index (χ0) is 18.5. The Balaban J connectivity index is 1.69. The number of piperidine rings is 1. The van der Waals surface area contributed by atoms with Gasteiger partial charge in [-0.15, -0.1) is 23.2 Å². The summed E-state index contributed by atoms with van der Waals surface area (Å²) in [5.74, 6) is 0.293. The molecule has 0 radical (unpaired) electrons. The summed E-state index contributed by atoms with van der Waals surface area (Å²) in [5, 5.41) is 2.75. The number of nitrogens with zero attached hydrogens (tertiary/aromatic N) is 1. The largest absolute Gasteiger partial charge is 0.326 e. The van der Waals surface area contributed by atoms with Crippen molar-refractivity contribution in [2.75, 3.05) is 18.4 Å². The summed E-state index contributed by atoms with van der Waals surface area (Å²) < 4.78 is 25.9. The molecular weight excluding hydrogens is 383 g/mol. The maximum absolute atomic E-state index is 12.7. The normalized spacial score (nSPS) is 27.0. The molecule has 0 spiro atoms. The van der Waals surface area contributed by atoms with Crippen molar-refractivity contribution >= 4 is 44.8 Å². The molecule has 25 heavy (non-hydrogen) atoms. The maximum atomic E-state index is 12.7. The number of amides is 1. The maximum Gasteiger partial charge on any atom is 0.243 e. The number of carbonyl (C=O) groups excluding carboxylic acids is 1. The van der Waals surface area contributed by atoms with E-state index in [4.69, 9.17) is 23.2 Å². The van der Waals surface area contributed by atoms with Crippen LogP contribution in [0.15, 0.2) is 29.2 Å². The van der Waals surface area contributed by atoms with Gasteiger partial charge in [0, 0.05) is 18.8 Å². The average molecular weight is 405 g/mol. The molecule has 1 atom stereocenters. The van der Waals surface area contributed by atoms with Crippen molar-refractivity contribution in [2.45, 2.75) is 42.3 Å². The molecule has 1 aliphatic heterocycles. The predicted molar refractivity (Wildman–Crippen MR) is 99.4 cm³/mol. The summed E-state index contributed by atoms with van der Waals surface area (Å²) in [4.78, 5) is 12.5. The van der Waals surface area contributed by atoms with Crippen LogP contribution in [0.2, 0.25) is 0 Å². The van der Waals surface area contributed by atoms with Crippen LogP contribution in [0.3, 0.4) is 0 Å². The lowest BCUT2D eigenvalue weighted by molar-refractivity contribution is -0.120. The Bertz CT molecular complexity index is 772. The van der Waals surface area contributed by atoms with Crippen LogP contribution in [0, 0.1) is 11.3 Å². The SMILES string of the molecule is CC1CCN(S(=O)(=O)c2ccc(NC(=O)[C@@]3(C)CC3(Cl)Cl)cc2)CC1. The summed E-state index contributed by atoms with van der Waals surface area (Å²) in [6.07, 6.45) is 2.16. The van der Waals surface area contributed by atoms with Gasteiger partial charge in [-0.3, -0.25) is 4.79 Å². The first kappa shape index (κ1) is 19.0. The van der Waals surface area contributed by atoms with Crippen molar-refractivity contribution in [3.63, 3.8) is 0 Å². The van der Waals surface area contributed by atoms with Crippen LogP contribution < -0.4 is 5.32 Å². The number of carbonyl (C=O) groups is 1. The lowest BCUT2D eigenvalue weighted by Gasteiger charge is -2.29. The second-order valence-electron chi connectivity index (χ2n) is 7.28. The van der Waals surface area contributed by atoms with Gasteiger partial charge >= 0.3 is 0 Å². The third kappa shape index (κ3) is 3.54. The van der Waals surface area contributed by atoms with Gasteiger partial charge < -0.3 is 5.32 Å². The lowest BCUT2D eigenvalue weighted by Crippen LogP contribution is -2.37. The minimum Gasteiger partial charge on any atom is -0.326 e. The number of hydrogen-bond donors (Lipinski definition) is 1. The monoisotopic (exact) mass is 404 g/mol. The van der Waals surface area contributed by atoms with Gasteiger partial charge in [-0.1, -0.05) is 6.92 Å². The molecule has 1 aromatic rings. The van der Waals surface area contributed by atoms with Gasteiger partial charge in [0.25, 0.3) is 0 Å². The van der Waals surface area contributed by atoms with Crippen molar-refractivity contribution in [3.8, 4) is 0 Å². The Morgan fingerprint density at radius 2 is 1.72 bits per heavy atom. The van der Waals surface area contributed by atoms with Gasteiger partial charge in [0.1, 0.15) is 4.33 Å². The number of rotatable bonds is 4. The Morgan fingerprint density at radius 1 is 1.20 bits per heavy atom. The van der Waals surface area contributed by atoms with Crippen molar-refractivity contribution in [1.29, 1.82) is 0 Å². The van der Waals surface area contributed by atoms with Crippen molar-refractivity contribution in [2.24, 2.45) is 11.3 Å². The molecule has 1 saturated heterocycles. The Hall–Kier alpha value is -0.820. The van der Waals surface area contributed by atoms with Crippen LogP contribution in [0.5, 0.6) is 0 Å². The van der Waals surface area contributed by atoms with Crippen LogP contribution in [0.1, 0.15) is 33.1 Å². The summed E-state index contributed by atoms with van der Waals surface area (Å²) >= 11 is 12.0. The highest BCUT2D eigenvalue weighted by Gasteiger charge is 2.67. The van der Waals surface area contributed by atoms with E-state index in [0.717, 1.165) is 12.8 Å². The first-order valence-electron chi connectivity index (χ1n) is 8.36. The summed E-state index contributed by atoms with van der Waals surface area (Å²) in [5.41, 5.74) is -0.292. The Kier molecular flexibility index (Phi) is 4.86. The van der Waals surface area contributed by atoms with E-state index in [9.17, 15) is 13.2 Å². The van der Waals surface area contributed by atoms with E-state index >= 15 is 0 Å². The highest BCUT2D eigenvalue weighted by molar-refractivity contribution is 7.89. The Labute approximate surface area is 158 Å². The molecule has 0 aromatic heterocycles. The van der Waals surface area contributed by atoms with E-state index in [1.54, 1.807) is 19.1 Å². The number of alkyl halides is 2. The van der Waals surface area contributed by atoms with Crippen LogP contribution >= 0.6 is 23.2 Å². The second kappa shape index (κ2) is 6.41. The number of sulfonamides is 1. The minimum absolute atomic E-state index is 0.238. The first-order chi connectivity index (χ1) is 11.6. The van der Waals surface area contributed by atoms with Crippen LogP contribution in [0.4, 0.5) is 5.69 Å². The molecule has 5 nitrogen and oxygen atoms in total. The molecule has 0 unspecified atom stereocenters. The molecule has 0 bridgehead atoms. The molecular formula is C17H22Cl2N2O3S. The zero-order valence-corrected chi connectivity index (χ0v) is 16.6. The Morgan fingerprint density at radius 3 is 2.20 bits per heavy atom. The van der Waals surface area contributed by atoms with Crippen LogP contribution in [0.25, 0.3) is 0 Å². The number of nitrogens with one attached hydrogen (secondary N) is 1. The van der Waals surface area contributed by atoms with E-state index in [1.165, 1.54) is 16.4 Å². The van der Waals surface area contributed by atoms with Gasteiger partial charge in [-0.25, -0.2) is 8.42 Å². The fourth-order valence-corrected chi connectivity index (χ4v) is 5.18. The molecule has 138 valence electrons. The number of anilines is 1. The lowest BCUT2D eigenvalue weighted by atomic mass is 10.0. The van der Waals surface area contributed by atoms with Crippen molar-refractivity contribution in [1.82, 2.24) is 4.31 Å². The molecule has 3 rings (SSSR count). The van der Waals surface area contributed by atoms with Gasteiger partial charge in [0.2, 0.25) is 15.9 Å². The molecule has 8 heteroatoms. The van der Waals surface area contributed by atoms with Crippen molar-refractivity contribution < 1.29 is 13.2 Å². The fraction of sp³-hybridized carbons (Fsp3) is 0.588. The summed E-state index contributed by atoms with van der Waals surface area (Å²) in [6.45, 7) is 4.94. The number of halogens is 2. The van der Waals surface area contributed by atoms with Crippen LogP contribution in [-0.4, -0.2) is 36.1 Å². The standard InChI is InChI=1S/C17H22Cl2N2O3S/c1-12-7-9-21(10-8-12)25(23,24)14-5-3-13(4-6-14)20-15(22)16(2)11-17(16,18)19/h3-6,12H,7-11H2,1-2H3,(H,20,22)/t16-/m1/s1. The van der Waals surface area contributed by atoms with E-state index in [1.807, 2.05) is 0 Å².